The topological polar surface area (TPSA) is 146 Å². The summed E-state index contributed by atoms with van der Waals surface area (Å²) in [5, 5.41) is 15.6. The summed E-state index contributed by atoms with van der Waals surface area (Å²) in [5.41, 5.74) is 0.615. The smallest absolute Gasteiger partial charge is 0.322 e. The molecule has 0 aromatic heterocycles. The Bertz CT molecular complexity index is 1150. The summed E-state index contributed by atoms with van der Waals surface area (Å²) < 4.78 is 32.9. The lowest BCUT2D eigenvalue weighted by molar-refractivity contribution is -0.138. The predicted octanol–water partition coefficient (Wildman–Crippen LogP) is 1.94. The number of amides is 1. The summed E-state index contributed by atoms with van der Waals surface area (Å²) in [4.78, 5) is 27.7. The molecule has 1 heterocycles. The second kappa shape index (κ2) is 12.5. The van der Waals surface area contributed by atoms with Crippen molar-refractivity contribution in [3.05, 3.63) is 59.1 Å². The number of carbonyl (C=O) groups excluding carboxylic acids is 1. The second-order valence-corrected chi connectivity index (χ2v) is 9.98. The number of carbonyl (C=O) groups is 2. The highest BCUT2D eigenvalue weighted by Gasteiger charge is 2.25. The number of hydrogen-bond acceptors (Lipinski definition) is 7. The molecule has 0 spiro atoms. The van der Waals surface area contributed by atoms with Gasteiger partial charge in [0.1, 0.15) is 11.8 Å². The molecule has 10 nitrogen and oxygen atoms in total. The Morgan fingerprint density at radius 3 is 2.49 bits per heavy atom. The molecule has 0 fully saturated rings. The van der Waals surface area contributed by atoms with Gasteiger partial charge in [-0.05, 0) is 61.2 Å². The lowest BCUT2D eigenvalue weighted by Gasteiger charge is -2.15. The Labute approximate surface area is 208 Å². The number of nitrogens with one attached hydrogen (secondary N) is 3. The number of guanidine groups is 1. The van der Waals surface area contributed by atoms with Gasteiger partial charge in [0.05, 0.1) is 11.5 Å². The summed E-state index contributed by atoms with van der Waals surface area (Å²) in [6, 6.07) is 10.8. The molecule has 2 aromatic carbocycles. The van der Waals surface area contributed by atoms with Crippen molar-refractivity contribution in [2.24, 2.45) is 4.99 Å². The quantitative estimate of drug-likeness (QED) is 0.330. The van der Waals surface area contributed by atoms with Crippen molar-refractivity contribution in [1.82, 2.24) is 15.4 Å². The molecule has 2 aromatic rings. The molecule has 12 heteroatoms. The third kappa shape index (κ3) is 8.53. The van der Waals surface area contributed by atoms with Crippen molar-refractivity contribution in [1.29, 1.82) is 0 Å². The van der Waals surface area contributed by atoms with E-state index in [9.17, 15) is 23.1 Å². The minimum Gasteiger partial charge on any atom is -0.494 e. The highest BCUT2D eigenvalue weighted by molar-refractivity contribution is 7.89. The maximum Gasteiger partial charge on any atom is 0.322 e. The van der Waals surface area contributed by atoms with Gasteiger partial charge in [0, 0.05) is 24.5 Å². The predicted molar refractivity (Wildman–Crippen MR) is 131 cm³/mol. The number of carboxylic acid groups (broad SMARTS) is 1. The van der Waals surface area contributed by atoms with Crippen LogP contribution in [0.2, 0.25) is 5.02 Å². The molecule has 1 aliphatic rings. The number of rotatable bonds is 11. The van der Waals surface area contributed by atoms with Crippen LogP contribution in [-0.4, -0.2) is 57.1 Å². The van der Waals surface area contributed by atoms with E-state index in [0.717, 1.165) is 13.0 Å². The number of hydrogen-bond donors (Lipinski definition) is 4. The molecule has 0 saturated carbocycles. The van der Waals surface area contributed by atoms with Crippen LogP contribution >= 0.6 is 11.6 Å². The number of ether oxygens (including phenoxy) is 1. The Balaban J connectivity index is 1.47. The standard InChI is InChI=1S/C23H27ClN4O6S/c24-17-6-10-19(11-7-17)35(32,33)28-20(22(30)31)15-16-4-8-18(9-5-16)34-14-1-3-21(29)27-23-25-12-2-13-26-23/h4-11,20,28H,1-3,12-15H2,(H,30,31)(H2,25,26,27,29). The molecule has 3 rings (SSSR count). The number of aliphatic imine (C=N–C) groups is 1. The van der Waals surface area contributed by atoms with Crippen LogP contribution in [-0.2, 0) is 26.0 Å². The minimum absolute atomic E-state index is 0.0550. The van der Waals surface area contributed by atoms with Crippen molar-refractivity contribution >= 4 is 39.5 Å². The minimum atomic E-state index is -4.04. The maximum atomic E-state index is 12.5. The van der Waals surface area contributed by atoms with Crippen molar-refractivity contribution in [3.63, 3.8) is 0 Å². The first-order valence-corrected chi connectivity index (χ1v) is 12.9. The van der Waals surface area contributed by atoms with Crippen molar-refractivity contribution in [3.8, 4) is 5.75 Å². The maximum absolute atomic E-state index is 12.5. The first kappa shape index (κ1) is 26.5. The molecule has 1 atom stereocenters. The average molecular weight is 523 g/mol. The number of aliphatic carboxylic acids is 1. The van der Waals surface area contributed by atoms with E-state index in [2.05, 4.69) is 20.3 Å². The summed E-state index contributed by atoms with van der Waals surface area (Å²) >= 11 is 5.78. The Kier molecular flexibility index (Phi) is 9.47. The molecule has 0 aliphatic carbocycles. The molecular weight excluding hydrogens is 496 g/mol. The van der Waals surface area contributed by atoms with Crippen LogP contribution in [0.15, 0.2) is 58.4 Å². The van der Waals surface area contributed by atoms with Gasteiger partial charge in [-0.3, -0.25) is 19.9 Å². The Morgan fingerprint density at radius 2 is 1.86 bits per heavy atom. The first-order valence-electron chi connectivity index (χ1n) is 11.0. The van der Waals surface area contributed by atoms with Crippen LogP contribution in [0.5, 0.6) is 5.75 Å². The summed E-state index contributed by atoms with van der Waals surface area (Å²) in [7, 11) is -4.04. The van der Waals surface area contributed by atoms with E-state index in [1.807, 2.05) is 0 Å². The van der Waals surface area contributed by atoms with Crippen LogP contribution in [0.25, 0.3) is 0 Å². The fraction of sp³-hybridized carbons (Fsp3) is 0.348. The van der Waals surface area contributed by atoms with Gasteiger partial charge >= 0.3 is 5.97 Å². The second-order valence-electron chi connectivity index (χ2n) is 7.82. The monoisotopic (exact) mass is 522 g/mol. The molecule has 1 aliphatic heterocycles. The summed E-state index contributed by atoms with van der Waals surface area (Å²) in [6.45, 7) is 1.81. The number of carboxylic acids is 1. The van der Waals surface area contributed by atoms with E-state index in [-0.39, 0.29) is 23.6 Å². The van der Waals surface area contributed by atoms with E-state index >= 15 is 0 Å². The van der Waals surface area contributed by atoms with E-state index in [0.29, 0.717) is 41.9 Å². The third-order valence-electron chi connectivity index (χ3n) is 5.05. The summed E-state index contributed by atoms with van der Waals surface area (Å²) in [6.07, 6.45) is 1.68. The Morgan fingerprint density at radius 1 is 1.14 bits per heavy atom. The van der Waals surface area contributed by atoms with Crippen molar-refractivity contribution in [2.75, 3.05) is 19.7 Å². The Hall–Kier alpha value is -3.15. The van der Waals surface area contributed by atoms with E-state index in [4.69, 9.17) is 16.3 Å². The van der Waals surface area contributed by atoms with E-state index in [1.165, 1.54) is 24.3 Å². The highest BCUT2D eigenvalue weighted by Crippen LogP contribution is 2.17. The average Bonchev–Trinajstić information content (AvgIpc) is 2.83. The van der Waals surface area contributed by atoms with Crippen LogP contribution in [0.3, 0.4) is 0 Å². The normalized spacial score (nSPS) is 14.4. The lowest BCUT2D eigenvalue weighted by atomic mass is 10.1. The molecule has 0 bridgehead atoms. The van der Waals surface area contributed by atoms with Crippen LogP contribution in [0, 0.1) is 0 Å². The van der Waals surface area contributed by atoms with Gasteiger partial charge in [-0.1, -0.05) is 23.7 Å². The fourth-order valence-electron chi connectivity index (χ4n) is 3.24. The lowest BCUT2D eigenvalue weighted by Crippen LogP contribution is -2.43. The molecule has 1 amide bonds. The molecule has 35 heavy (non-hydrogen) atoms. The van der Waals surface area contributed by atoms with Gasteiger partial charge in [-0.25, -0.2) is 8.42 Å². The molecule has 1 unspecified atom stereocenters. The molecule has 188 valence electrons. The van der Waals surface area contributed by atoms with Crippen molar-refractivity contribution in [2.45, 2.75) is 36.6 Å². The van der Waals surface area contributed by atoms with Gasteiger partial charge < -0.3 is 15.2 Å². The van der Waals surface area contributed by atoms with Crippen molar-refractivity contribution < 1.29 is 27.9 Å². The third-order valence-corrected chi connectivity index (χ3v) is 6.79. The number of benzene rings is 2. The van der Waals surface area contributed by atoms with Crippen LogP contribution in [0.4, 0.5) is 0 Å². The SMILES string of the molecule is O=C(CCCOc1ccc(CC(NS(=O)(=O)c2ccc(Cl)cc2)C(=O)O)cc1)NC1=NCCCN1. The fourth-order valence-corrected chi connectivity index (χ4v) is 4.55. The molecule has 0 radical (unpaired) electrons. The molecule has 0 saturated heterocycles. The zero-order chi connectivity index (χ0) is 25.3. The van der Waals surface area contributed by atoms with Gasteiger partial charge in [0.15, 0.2) is 5.96 Å². The zero-order valence-corrected chi connectivity index (χ0v) is 20.4. The van der Waals surface area contributed by atoms with Crippen LogP contribution in [0.1, 0.15) is 24.8 Å². The van der Waals surface area contributed by atoms with Crippen LogP contribution < -0.4 is 20.1 Å². The highest BCUT2D eigenvalue weighted by atomic mass is 35.5. The van der Waals surface area contributed by atoms with Gasteiger partial charge in [0.25, 0.3) is 0 Å². The number of halogens is 1. The first-order chi connectivity index (χ1) is 16.7. The number of nitrogens with zero attached hydrogens (tertiary/aromatic N) is 1. The zero-order valence-electron chi connectivity index (χ0n) is 18.9. The van der Waals surface area contributed by atoms with E-state index < -0.39 is 22.0 Å². The largest absolute Gasteiger partial charge is 0.494 e. The molecule has 4 N–H and O–H groups in total. The van der Waals surface area contributed by atoms with Gasteiger partial charge in [-0.15, -0.1) is 0 Å². The molecular formula is C23H27ClN4O6S. The van der Waals surface area contributed by atoms with Gasteiger partial charge in [-0.2, -0.15) is 4.72 Å². The van der Waals surface area contributed by atoms with E-state index in [1.54, 1.807) is 24.3 Å². The number of sulfonamides is 1. The van der Waals surface area contributed by atoms with Gasteiger partial charge in [0.2, 0.25) is 15.9 Å². The summed E-state index contributed by atoms with van der Waals surface area (Å²) in [5.74, 6) is -0.373.